The minimum atomic E-state index is -0.449. The number of nitro groups is 1. The van der Waals surface area contributed by atoms with Gasteiger partial charge in [0.05, 0.1) is 11.1 Å². The summed E-state index contributed by atoms with van der Waals surface area (Å²) in [7, 11) is 0. The first kappa shape index (κ1) is 13.4. The van der Waals surface area contributed by atoms with Crippen LogP contribution in [0.25, 0.3) is 0 Å². The summed E-state index contributed by atoms with van der Waals surface area (Å²) in [5.41, 5.74) is 1.32. The molecule has 7 heteroatoms. The second-order valence-corrected chi connectivity index (χ2v) is 4.13. The zero-order valence-electron chi connectivity index (χ0n) is 10.8. The average Bonchev–Trinajstić information content (AvgIpc) is 2.42. The smallest absolute Gasteiger partial charge is 0.272 e. The Labute approximate surface area is 114 Å². The Morgan fingerprint density at radius 2 is 2.10 bits per heavy atom. The van der Waals surface area contributed by atoms with Gasteiger partial charge in [0.1, 0.15) is 17.4 Å². The van der Waals surface area contributed by atoms with Gasteiger partial charge >= 0.3 is 0 Å². The summed E-state index contributed by atoms with van der Waals surface area (Å²) in [6, 6.07) is 6.39. The van der Waals surface area contributed by atoms with Crippen LogP contribution in [0.15, 0.2) is 24.4 Å². The van der Waals surface area contributed by atoms with E-state index in [0.29, 0.717) is 16.9 Å². The highest BCUT2D eigenvalue weighted by Gasteiger charge is 2.16. The molecule has 0 aliphatic heterocycles. The van der Waals surface area contributed by atoms with Crippen molar-refractivity contribution in [1.29, 1.82) is 5.26 Å². The first-order valence-corrected chi connectivity index (χ1v) is 5.68. The van der Waals surface area contributed by atoms with Gasteiger partial charge in [-0.05, 0) is 31.5 Å². The highest BCUT2D eigenvalue weighted by molar-refractivity contribution is 5.51. The Balaban J connectivity index is 2.43. The monoisotopic (exact) mass is 270 g/mol. The van der Waals surface area contributed by atoms with Crippen molar-refractivity contribution in [3.05, 3.63) is 51.2 Å². The van der Waals surface area contributed by atoms with E-state index in [0.717, 1.165) is 0 Å². The van der Waals surface area contributed by atoms with E-state index in [4.69, 9.17) is 10.00 Å². The Kier molecular flexibility index (Phi) is 3.57. The van der Waals surface area contributed by atoms with Crippen LogP contribution in [0.1, 0.15) is 16.7 Å². The van der Waals surface area contributed by atoms with E-state index in [1.165, 1.54) is 18.3 Å². The number of hydrogen-bond donors (Lipinski definition) is 0. The molecule has 2 aromatic rings. The molecule has 0 N–H and O–H groups in total. The molecule has 0 saturated heterocycles. The fraction of sp³-hybridized carbons (Fsp3) is 0.154. The lowest BCUT2D eigenvalue weighted by Crippen LogP contribution is -1.98. The third-order valence-electron chi connectivity index (χ3n) is 2.70. The molecular formula is C13H10N4O3. The Morgan fingerprint density at radius 1 is 1.35 bits per heavy atom. The lowest BCUT2D eigenvalue weighted by atomic mass is 10.1. The van der Waals surface area contributed by atoms with Crippen molar-refractivity contribution in [3.8, 4) is 17.7 Å². The standard InChI is InChI=1S/C13H10N4O3/c1-8-6-12(9(2)5-11(8)17(18)19)20-13-10(7-14)3-4-15-16-13/h3-6H,1-2H3. The Morgan fingerprint density at radius 3 is 2.75 bits per heavy atom. The van der Waals surface area contributed by atoms with Crippen LogP contribution in [0.4, 0.5) is 5.69 Å². The minimum absolute atomic E-state index is 0.0227. The molecule has 1 heterocycles. The van der Waals surface area contributed by atoms with E-state index in [2.05, 4.69) is 10.2 Å². The second-order valence-electron chi connectivity index (χ2n) is 4.13. The normalized spacial score (nSPS) is 9.85. The molecule has 0 unspecified atom stereocenters. The van der Waals surface area contributed by atoms with Gasteiger partial charge in [-0.1, -0.05) is 0 Å². The van der Waals surface area contributed by atoms with Gasteiger partial charge in [0, 0.05) is 11.6 Å². The SMILES string of the molecule is Cc1cc([N+](=O)[O-])c(C)cc1Oc1nnccc1C#N. The lowest BCUT2D eigenvalue weighted by Gasteiger charge is -2.09. The molecule has 0 aliphatic rings. The van der Waals surface area contributed by atoms with Gasteiger partial charge in [-0.15, -0.1) is 5.10 Å². The van der Waals surface area contributed by atoms with Gasteiger partial charge in [-0.2, -0.15) is 10.4 Å². The van der Waals surface area contributed by atoms with Gasteiger partial charge in [-0.25, -0.2) is 0 Å². The molecule has 0 fully saturated rings. The summed E-state index contributed by atoms with van der Waals surface area (Å²) >= 11 is 0. The molecule has 100 valence electrons. The average molecular weight is 270 g/mol. The molecule has 0 bridgehead atoms. The maximum Gasteiger partial charge on any atom is 0.272 e. The van der Waals surface area contributed by atoms with Crippen molar-refractivity contribution < 1.29 is 9.66 Å². The lowest BCUT2D eigenvalue weighted by molar-refractivity contribution is -0.385. The van der Waals surface area contributed by atoms with Gasteiger partial charge in [0.25, 0.3) is 11.6 Å². The van der Waals surface area contributed by atoms with Crippen LogP contribution in [0, 0.1) is 35.3 Å². The fourth-order valence-electron chi connectivity index (χ4n) is 1.66. The Bertz CT molecular complexity index is 722. The summed E-state index contributed by atoms with van der Waals surface area (Å²) in [5.74, 6) is 0.483. The van der Waals surface area contributed by atoms with Gasteiger partial charge in [0.15, 0.2) is 0 Å². The van der Waals surface area contributed by atoms with Crippen LogP contribution < -0.4 is 4.74 Å². The van der Waals surface area contributed by atoms with Crippen molar-refractivity contribution in [2.24, 2.45) is 0 Å². The molecule has 20 heavy (non-hydrogen) atoms. The van der Waals surface area contributed by atoms with Crippen LogP contribution >= 0.6 is 0 Å². The Hall–Kier alpha value is -3.01. The van der Waals surface area contributed by atoms with Crippen molar-refractivity contribution >= 4 is 5.69 Å². The first-order chi connectivity index (χ1) is 9.52. The highest BCUT2D eigenvalue weighted by atomic mass is 16.6. The van der Waals surface area contributed by atoms with E-state index < -0.39 is 4.92 Å². The van der Waals surface area contributed by atoms with E-state index in [1.54, 1.807) is 19.9 Å². The summed E-state index contributed by atoms with van der Waals surface area (Å²) in [5, 5.41) is 27.2. The van der Waals surface area contributed by atoms with E-state index in [1.807, 2.05) is 6.07 Å². The maximum atomic E-state index is 10.8. The van der Waals surface area contributed by atoms with E-state index >= 15 is 0 Å². The number of nitrogens with zero attached hydrogens (tertiary/aromatic N) is 4. The molecule has 0 spiro atoms. The molecule has 0 saturated carbocycles. The summed E-state index contributed by atoms with van der Waals surface area (Å²) in [6.07, 6.45) is 1.39. The summed E-state index contributed by atoms with van der Waals surface area (Å²) in [6.45, 7) is 3.30. The molecule has 0 aliphatic carbocycles. The quantitative estimate of drug-likeness (QED) is 0.627. The number of benzene rings is 1. The summed E-state index contributed by atoms with van der Waals surface area (Å²) in [4.78, 5) is 10.4. The van der Waals surface area contributed by atoms with Crippen LogP contribution in [-0.2, 0) is 0 Å². The molecular weight excluding hydrogens is 260 g/mol. The van der Waals surface area contributed by atoms with Crippen molar-refractivity contribution in [2.45, 2.75) is 13.8 Å². The number of rotatable bonds is 3. The minimum Gasteiger partial charge on any atom is -0.436 e. The topological polar surface area (TPSA) is 102 Å². The molecule has 0 radical (unpaired) electrons. The predicted molar refractivity (Wildman–Crippen MR) is 69.4 cm³/mol. The van der Waals surface area contributed by atoms with Crippen LogP contribution in [0.3, 0.4) is 0 Å². The first-order valence-electron chi connectivity index (χ1n) is 5.68. The number of nitriles is 1. The van der Waals surface area contributed by atoms with Gasteiger partial charge in [-0.3, -0.25) is 10.1 Å². The molecule has 1 aromatic heterocycles. The number of nitro benzene ring substituents is 1. The maximum absolute atomic E-state index is 10.8. The van der Waals surface area contributed by atoms with Crippen molar-refractivity contribution in [3.63, 3.8) is 0 Å². The summed E-state index contributed by atoms with van der Waals surface area (Å²) < 4.78 is 5.53. The van der Waals surface area contributed by atoms with E-state index in [-0.39, 0.29) is 17.1 Å². The number of ether oxygens (including phenoxy) is 1. The number of hydrogen-bond acceptors (Lipinski definition) is 6. The van der Waals surface area contributed by atoms with Gasteiger partial charge in [0.2, 0.25) is 0 Å². The molecule has 2 rings (SSSR count). The largest absolute Gasteiger partial charge is 0.436 e. The number of aryl methyl sites for hydroxylation is 2. The third kappa shape index (κ3) is 2.54. The zero-order valence-corrected chi connectivity index (χ0v) is 10.8. The van der Waals surface area contributed by atoms with Crippen LogP contribution in [0.2, 0.25) is 0 Å². The molecule has 7 nitrogen and oxygen atoms in total. The predicted octanol–water partition coefficient (Wildman–Crippen LogP) is 2.67. The van der Waals surface area contributed by atoms with Gasteiger partial charge < -0.3 is 4.74 Å². The number of aromatic nitrogens is 2. The van der Waals surface area contributed by atoms with Crippen molar-refractivity contribution in [1.82, 2.24) is 10.2 Å². The molecule has 1 aromatic carbocycles. The van der Waals surface area contributed by atoms with Crippen LogP contribution in [0.5, 0.6) is 11.6 Å². The fourth-order valence-corrected chi connectivity index (χ4v) is 1.66. The zero-order chi connectivity index (χ0) is 14.7. The van der Waals surface area contributed by atoms with Crippen molar-refractivity contribution in [2.75, 3.05) is 0 Å². The van der Waals surface area contributed by atoms with Crippen LogP contribution in [-0.4, -0.2) is 15.1 Å². The third-order valence-corrected chi connectivity index (χ3v) is 2.70. The van der Waals surface area contributed by atoms with E-state index in [9.17, 15) is 10.1 Å². The molecule has 0 atom stereocenters. The second kappa shape index (κ2) is 5.32. The molecule has 0 amide bonds. The highest BCUT2D eigenvalue weighted by Crippen LogP contribution is 2.31.